The van der Waals surface area contributed by atoms with Gasteiger partial charge in [-0.25, -0.2) is 9.48 Å². The zero-order valence-electron chi connectivity index (χ0n) is 15.0. The van der Waals surface area contributed by atoms with Crippen LogP contribution >= 0.6 is 0 Å². The van der Waals surface area contributed by atoms with Crippen molar-refractivity contribution in [1.29, 1.82) is 0 Å². The van der Waals surface area contributed by atoms with Crippen molar-refractivity contribution < 1.29 is 14.3 Å². The Balaban J connectivity index is 1.86. The molecule has 0 saturated carbocycles. The van der Waals surface area contributed by atoms with Crippen LogP contribution in [0.5, 0.6) is 0 Å². The predicted octanol–water partition coefficient (Wildman–Crippen LogP) is 2.19. The van der Waals surface area contributed by atoms with Crippen molar-refractivity contribution in [3.05, 3.63) is 71.5 Å². The summed E-state index contributed by atoms with van der Waals surface area (Å²) >= 11 is 0. The first-order chi connectivity index (χ1) is 13.1. The standard InChI is InChI=1S/C19H19N5O3/c1-13-8-9-15(19(26)27-2)11-16(13)21-18(25)17(24-12-20-22-23-24)10-14-6-4-3-5-7-14/h3-9,11-12,17H,10H2,1-2H3,(H,21,25)/t17-/m0/s1. The van der Waals surface area contributed by atoms with E-state index in [0.29, 0.717) is 17.7 Å². The highest BCUT2D eigenvalue weighted by Gasteiger charge is 2.23. The van der Waals surface area contributed by atoms with Crippen molar-refractivity contribution in [3.63, 3.8) is 0 Å². The van der Waals surface area contributed by atoms with Crippen molar-refractivity contribution in [2.75, 3.05) is 12.4 Å². The normalized spacial score (nSPS) is 11.6. The Labute approximate surface area is 156 Å². The van der Waals surface area contributed by atoms with Crippen molar-refractivity contribution in [2.24, 2.45) is 0 Å². The molecular weight excluding hydrogens is 346 g/mol. The highest BCUT2D eigenvalue weighted by Crippen LogP contribution is 2.21. The van der Waals surface area contributed by atoms with Crippen LogP contribution in [0.3, 0.4) is 0 Å². The fourth-order valence-corrected chi connectivity index (χ4v) is 2.67. The number of amides is 1. The lowest BCUT2D eigenvalue weighted by Gasteiger charge is -2.17. The smallest absolute Gasteiger partial charge is 0.337 e. The van der Waals surface area contributed by atoms with Gasteiger partial charge in [-0.05, 0) is 40.6 Å². The van der Waals surface area contributed by atoms with E-state index < -0.39 is 12.0 Å². The largest absolute Gasteiger partial charge is 0.465 e. The molecule has 0 fully saturated rings. The van der Waals surface area contributed by atoms with Gasteiger partial charge in [0.25, 0.3) is 0 Å². The fraction of sp³-hybridized carbons (Fsp3) is 0.211. The van der Waals surface area contributed by atoms with E-state index in [1.165, 1.54) is 18.1 Å². The minimum atomic E-state index is -0.636. The van der Waals surface area contributed by atoms with Crippen molar-refractivity contribution in [3.8, 4) is 0 Å². The Kier molecular flexibility index (Phi) is 5.55. The maximum absolute atomic E-state index is 13.0. The van der Waals surface area contributed by atoms with Crippen LogP contribution < -0.4 is 5.32 Å². The molecule has 1 atom stereocenters. The first-order valence-corrected chi connectivity index (χ1v) is 8.34. The average Bonchev–Trinajstić information content (AvgIpc) is 3.22. The molecule has 0 spiro atoms. The van der Waals surface area contributed by atoms with Gasteiger partial charge in [-0.15, -0.1) is 5.10 Å². The number of tetrazole rings is 1. The van der Waals surface area contributed by atoms with Gasteiger partial charge >= 0.3 is 5.97 Å². The van der Waals surface area contributed by atoms with Crippen LogP contribution in [0.25, 0.3) is 0 Å². The van der Waals surface area contributed by atoms with Crippen molar-refractivity contribution >= 4 is 17.6 Å². The van der Waals surface area contributed by atoms with E-state index in [0.717, 1.165) is 11.1 Å². The van der Waals surface area contributed by atoms with Crippen molar-refractivity contribution in [2.45, 2.75) is 19.4 Å². The number of anilines is 1. The third-order valence-electron chi connectivity index (χ3n) is 4.18. The Morgan fingerprint density at radius 1 is 1.19 bits per heavy atom. The number of carbonyl (C=O) groups is 2. The minimum absolute atomic E-state index is 0.281. The second kappa shape index (κ2) is 8.22. The summed E-state index contributed by atoms with van der Waals surface area (Å²) in [4.78, 5) is 24.7. The summed E-state index contributed by atoms with van der Waals surface area (Å²) in [6, 6.07) is 14.0. The molecule has 1 aromatic heterocycles. The van der Waals surface area contributed by atoms with Crippen molar-refractivity contribution in [1.82, 2.24) is 20.2 Å². The number of ether oxygens (including phenoxy) is 1. The summed E-state index contributed by atoms with van der Waals surface area (Å²) in [5, 5.41) is 14.0. The molecule has 3 rings (SSSR count). The third kappa shape index (κ3) is 4.35. The Bertz CT molecular complexity index is 926. The number of nitrogens with zero attached hydrogens (tertiary/aromatic N) is 4. The van der Waals surface area contributed by atoms with Gasteiger partial charge in [0.15, 0.2) is 0 Å². The molecule has 138 valence electrons. The Morgan fingerprint density at radius 2 is 1.96 bits per heavy atom. The predicted molar refractivity (Wildman–Crippen MR) is 98.1 cm³/mol. The zero-order chi connectivity index (χ0) is 19.2. The molecule has 27 heavy (non-hydrogen) atoms. The van der Waals surface area contributed by atoms with Gasteiger partial charge in [-0.2, -0.15) is 0 Å². The summed E-state index contributed by atoms with van der Waals surface area (Å²) in [7, 11) is 1.31. The molecule has 0 radical (unpaired) electrons. The molecule has 0 unspecified atom stereocenters. The van der Waals surface area contributed by atoms with Crippen LogP contribution in [0.4, 0.5) is 5.69 Å². The maximum Gasteiger partial charge on any atom is 0.337 e. The number of hydrogen-bond acceptors (Lipinski definition) is 6. The van der Waals surface area contributed by atoms with Crippen LogP contribution in [-0.4, -0.2) is 39.2 Å². The Hall–Kier alpha value is -3.55. The molecule has 2 aromatic carbocycles. The number of nitrogens with one attached hydrogen (secondary N) is 1. The molecule has 0 bridgehead atoms. The zero-order valence-corrected chi connectivity index (χ0v) is 15.0. The number of benzene rings is 2. The van der Waals surface area contributed by atoms with Crippen LogP contribution in [0, 0.1) is 6.92 Å². The number of hydrogen-bond donors (Lipinski definition) is 1. The second-order valence-electron chi connectivity index (χ2n) is 6.01. The lowest BCUT2D eigenvalue weighted by atomic mass is 10.0. The monoisotopic (exact) mass is 365 g/mol. The van der Waals surface area contributed by atoms with Gasteiger partial charge in [0.2, 0.25) is 5.91 Å². The lowest BCUT2D eigenvalue weighted by molar-refractivity contribution is -0.119. The van der Waals surface area contributed by atoms with Crippen LogP contribution in [0.15, 0.2) is 54.9 Å². The Morgan fingerprint density at radius 3 is 2.63 bits per heavy atom. The van der Waals surface area contributed by atoms with E-state index in [9.17, 15) is 9.59 Å². The van der Waals surface area contributed by atoms with E-state index in [2.05, 4.69) is 20.8 Å². The highest BCUT2D eigenvalue weighted by molar-refractivity contribution is 5.97. The number of rotatable bonds is 6. The van der Waals surface area contributed by atoms with Crippen LogP contribution in [0.2, 0.25) is 0 Å². The van der Waals surface area contributed by atoms with E-state index in [1.807, 2.05) is 37.3 Å². The molecule has 8 nitrogen and oxygen atoms in total. The first-order valence-electron chi connectivity index (χ1n) is 8.34. The third-order valence-corrected chi connectivity index (χ3v) is 4.18. The summed E-state index contributed by atoms with van der Waals surface area (Å²) in [5.41, 5.74) is 2.70. The van der Waals surface area contributed by atoms with E-state index >= 15 is 0 Å². The summed E-state index contributed by atoms with van der Waals surface area (Å²) < 4.78 is 6.16. The molecule has 1 N–H and O–H groups in total. The first kappa shape index (κ1) is 18.2. The molecule has 1 amide bonds. The lowest BCUT2D eigenvalue weighted by Crippen LogP contribution is -2.28. The maximum atomic E-state index is 13.0. The van der Waals surface area contributed by atoms with Gasteiger partial charge in [-0.3, -0.25) is 4.79 Å². The van der Waals surface area contributed by atoms with Gasteiger partial charge in [0.05, 0.1) is 12.7 Å². The number of esters is 1. The number of aryl methyl sites for hydroxylation is 1. The highest BCUT2D eigenvalue weighted by atomic mass is 16.5. The molecule has 0 saturated heterocycles. The molecule has 0 aliphatic heterocycles. The number of methoxy groups -OCH3 is 1. The van der Waals surface area contributed by atoms with Gasteiger partial charge in [-0.1, -0.05) is 36.4 Å². The topological polar surface area (TPSA) is 99.0 Å². The SMILES string of the molecule is COC(=O)c1ccc(C)c(NC(=O)[C@H](Cc2ccccc2)n2cnnn2)c1. The van der Waals surface area contributed by atoms with Gasteiger partial charge in [0, 0.05) is 12.1 Å². The molecule has 0 aliphatic rings. The second-order valence-corrected chi connectivity index (χ2v) is 6.01. The summed E-state index contributed by atoms with van der Waals surface area (Å²) in [5.74, 6) is -0.747. The van der Waals surface area contributed by atoms with E-state index in [1.54, 1.807) is 18.2 Å². The van der Waals surface area contributed by atoms with Gasteiger partial charge in [0.1, 0.15) is 12.4 Å². The fourth-order valence-electron chi connectivity index (χ4n) is 2.67. The molecule has 3 aromatic rings. The van der Waals surface area contributed by atoms with E-state index in [4.69, 9.17) is 4.74 Å². The van der Waals surface area contributed by atoms with Gasteiger partial charge < -0.3 is 10.1 Å². The summed E-state index contributed by atoms with van der Waals surface area (Å²) in [6.07, 6.45) is 1.83. The average molecular weight is 365 g/mol. The molecule has 0 aliphatic carbocycles. The van der Waals surface area contributed by atoms with E-state index in [-0.39, 0.29) is 5.91 Å². The molecular formula is C19H19N5O3. The minimum Gasteiger partial charge on any atom is -0.465 e. The van der Waals surface area contributed by atoms with Crippen LogP contribution in [0.1, 0.15) is 27.5 Å². The summed E-state index contributed by atoms with van der Waals surface area (Å²) in [6.45, 7) is 1.85. The number of carbonyl (C=O) groups excluding carboxylic acids is 2. The van der Waals surface area contributed by atoms with Crippen LogP contribution in [-0.2, 0) is 16.0 Å². The molecule has 8 heteroatoms. The number of aromatic nitrogens is 4. The quantitative estimate of drug-likeness (QED) is 0.672. The molecule has 1 heterocycles.